The van der Waals surface area contributed by atoms with Crippen molar-refractivity contribution in [1.82, 2.24) is 30.5 Å². The maximum Gasteiger partial charge on any atom is 0.307 e. The van der Waals surface area contributed by atoms with Crippen molar-refractivity contribution in [2.75, 3.05) is 20.2 Å². The Bertz CT molecular complexity index is 1400. The summed E-state index contributed by atoms with van der Waals surface area (Å²) in [5.41, 5.74) is 9.30. The minimum atomic E-state index is -0.911. The third-order valence-electron chi connectivity index (χ3n) is 8.79. The van der Waals surface area contributed by atoms with Crippen molar-refractivity contribution in [1.29, 1.82) is 0 Å². The number of nitrogens with zero attached hydrogens (tertiary/aromatic N) is 3. The number of halogens is 1. The molecule has 3 aliphatic rings. The van der Waals surface area contributed by atoms with Crippen LogP contribution in [0.3, 0.4) is 0 Å². The maximum absolute atomic E-state index is 14.6. The molecule has 1 amide bonds. The predicted octanol–water partition coefficient (Wildman–Crippen LogP) is 2.51. The SMILES string of the molecule is COc1cccc(F)c1CN1CC(NC(=O)C2CCC3NNC(c4ccc5nccn5c4)C3C2)CC(C(=O)O)C1. The lowest BCUT2D eigenvalue weighted by atomic mass is 9.74. The van der Waals surface area contributed by atoms with Crippen molar-refractivity contribution < 1.29 is 23.8 Å². The molecule has 1 aromatic carbocycles. The highest BCUT2D eigenvalue weighted by molar-refractivity contribution is 5.79. The van der Waals surface area contributed by atoms with Crippen molar-refractivity contribution in [3.05, 3.63) is 65.9 Å². The molecule has 4 N–H and O–H groups in total. The highest BCUT2D eigenvalue weighted by Gasteiger charge is 2.43. The summed E-state index contributed by atoms with van der Waals surface area (Å²) in [5, 5.41) is 13.0. The Morgan fingerprint density at radius 2 is 2.02 bits per heavy atom. The first kappa shape index (κ1) is 26.7. The molecule has 4 heterocycles. The van der Waals surface area contributed by atoms with Gasteiger partial charge >= 0.3 is 5.97 Å². The molecule has 3 aromatic rings. The Kier molecular flexibility index (Phi) is 7.43. The highest BCUT2D eigenvalue weighted by Crippen LogP contribution is 2.40. The van der Waals surface area contributed by atoms with Gasteiger partial charge in [-0.3, -0.25) is 19.9 Å². The van der Waals surface area contributed by atoms with Gasteiger partial charge in [0.2, 0.25) is 5.91 Å². The first-order chi connectivity index (χ1) is 19.4. The number of likely N-dealkylation sites (tertiary alicyclic amines) is 1. The number of methoxy groups -OCH3 is 1. The van der Waals surface area contributed by atoms with Crippen LogP contribution >= 0.6 is 0 Å². The van der Waals surface area contributed by atoms with Gasteiger partial charge in [0.05, 0.1) is 19.1 Å². The lowest BCUT2D eigenvalue weighted by Crippen LogP contribution is -2.53. The van der Waals surface area contributed by atoms with Crippen LogP contribution in [0.4, 0.5) is 4.39 Å². The zero-order valence-corrected chi connectivity index (χ0v) is 22.4. The number of piperidine rings is 1. The van der Waals surface area contributed by atoms with Gasteiger partial charge in [-0.05, 0) is 55.4 Å². The molecule has 40 heavy (non-hydrogen) atoms. The number of carboxylic acid groups (broad SMARTS) is 1. The Morgan fingerprint density at radius 3 is 2.85 bits per heavy atom. The zero-order valence-electron chi connectivity index (χ0n) is 22.4. The molecule has 3 fully saturated rings. The van der Waals surface area contributed by atoms with Gasteiger partial charge in [-0.2, -0.15) is 0 Å². The van der Waals surface area contributed by atoms with Crippen LogP contribution in [0, 0.1) is 23.6 Å². The molecule has 0 bridgehead atoms. The minimum absolute atomic E-state index is 0.0337. The van der Waals surface area contributed by atoms with E-state index in [9.17, 15) is 19.1 Å². The Hall–Kier alpha value is -3.54. The van der Waals surface area contributed by atoms with E-state index in [1.807, 2.05) is 21.6 Å². The second kappa shape index (κ2) is 11.1. The smallest absolute Gasteiger partial charge is 0.307 e. The second-order valence-corrected chi connectivity index (χ2v) is 11.3. The van der Waals surface area contributed by atoms with E-state index < -0.39 is 17.7 Å². The Balaban J connectivity index is 1.13. The summed E-state index contributed by atoms with van der Waals surface area (Å²) in [5.74, 6) is -1.48. The summed E-state index contributed by atoms with van der Waals surface area (Å²) in [6.07, 6.45) is 8.51. The number of rotatable bonds is 7. The summed E-state index contributed by atoms with van der Waals surface area (Å²) >= 11 is 0. The maximum atomic E-state index is 14.6. The number of carbonyl (C=O) groups excluding carboxylic acids is 1. The van der Waals surface area contributed by atoms with Gasteiger partial charge in [-0.25, -0.2) is 14.8 Å². The van der Waals surface area contributed by atoms with Crippen LogP contribution in [-0.2, 0) is 16.1 Å². The van der Waals surface area contributed by atoms with E-state index in [0.29, 0.717) is 24.3 Å². The lowest BCUT2D eigenvalue weighted by molar-refractivity contribution is -0.144. The van der Waals surface area contributed by atoms with Crippen LogP contribution in [0.15, 0.2) is 48.9 Å². The molecular weight excluding hydrogens is 515 g/mol. The number of pyridine rings is 1. The number of aliphatic carboxylic acids is 1. The molecule has 10 nitrogen and oxygen atoms in total. The normalized spacial score (nSPS) is 28.8. The van der Waals surface area contributed by atoms with Gasteiger partial charge in [0.15, 0.2) is 0 Å². The highest BCUT2D eigenvalue weighted by atomic mass is 19.1. The number of nitrogens with one attached hydrogen (secondary N) is 3. The average molecular weight is 551 g/mol. The van der Waals surface area contributed by atoms with E-state index in [0.717, 1.165) is 30.5 Å². The summed E-state index contributed by atoms with van der Waals surface area (Å²) < 4.78 is 22.0. The molecule has 212 valence electrons. The number of imidazole rings is 1. The first-order valence-corrected chi connectivity index (χ1v) is 13.9. The standard InChI is InChI=1S/C29H35FN6O4/c1-40-25-4-2-3-23(30)22(25)16-35-13-19(29(38)39)11-20(15-35)32-28(37)17-5-7-24-21(12-17)27(34-33-24)18-6-8-26-31-9-10-36(26)14-18/h2-4,6,8-10,14,17,19-21,24,27,33-34H,5,7,11-13,15-16H2,1H3,(H,32,37)(H,38,39). The number of amides is 1. The molecule has 1 aliphatic carbocycles. The summed E-state index contributed by atoms with van der Waals surface area (Å²) in [6.45, 7) is 0.939. The van der Waals surface area contributed by atoms with Gasteiger partial charge in [0, 0.05) is 61.8 Å². The lowest BCUT2D eigenvalue weighted by Gasteiger charge is -2.38. The largest absolute Gasteiger partial charge is 0.496 e. The van der Waals surface area contributed by atoms with Crippen LogP contribution in [0.25, 0.3) is 5.65 Å². The van der Waals surface area contributed by atoms with Crippen LogP contribution in [0.1, 0.15) is 42.9 Å². The summed E-state index contributed by atoms with van der Waals surface area (Å²) in [4.78, 5) is 31.7. The number of aromatic nitrogens is 2. The third kappa shape index (κ3) is 5.28. The fraction of sp³-hybridized carbons (Fsp3) is 0.483. The van der Waals surface area contributed by atoms with Crippen molar-refractivity contribution in [3.8, 4) is 5.75 Å². The molecule has 1 saturated carbocycles. The minimum Gasteiger partial charge on any atom is -0.496 e. The number of ether oxygens (including phenoxy) is 1. The van der Waals surface area contributed by atoms with Crippen LogP contribution in [0.2, 0.25) is 0 Å². The number of hydrazine groups is 1. The third-order valence-corrected chi connectivity index (χ3v) is 8.79. The molecule has 6 rings (SSSR count). The van der Waals surface area contributed by atoms with E-state index in [1.165, 1.54) is 13.2 Å². The number of benzene rings is 1. The summed E-state index contributed by atoms with van der Waals surface area (Å²) in [7, 11) is 1.49. The molecule has 11 heteroatoms. The predicted molar refractivity (Wildman–Crippen MR) is 145 cm³/mol. The van der Waals surface area contributed by atoms with E-state index in [4.69, 9.17) is 4.74 Å². The van der Waals surface area contributed by atoms with Gasteiger partial charge in [0.25, 0.3) is 0 Å². The molecule has 2 saturated heterocycles. The molecule has 2 aromatic heterocycles. The molecule has 0 radical (unpaired) electrons. The van der Waals surface area contributed by atoms with E-state index in [2.05, 4.69) is 33.4 Å². The number of carbonyl (C=O) groups is 2. The Morgan fingerprint density at radius 1 is 1.15 bits per heavy atom. The van der Waals surface area contributed by atoms with E-state index >= 15 is 0 Å². The molecule has 2 aliphatic heterocycles. The van der Waals surface area contributed by atoms with E-state index in [1.54, 1.807) is 18.3 Å². The molecule has 0 spiro atoms. The van der Waals surface area contributed by atoms with Crippen LogP contribution in [-0.4, -0.2) is 63.6 Å². The Labute approximate surface area is 231 Å². The van der Waals surface area contributed by atoms with Crippen molar-refractivity contribution >= 4 is 17.5 Å². The monoisotopic (exact) mass is 550 g/mol. The number of fused-ring (bicyclic) bond motifs is 2. The van der Waals surface area contributed by atoms with Crippen molar-refractivity contribution in [2.24, 2.45) is 17.8 Å². The van der Waals surface area contributed by atoms with Crippen LogP contribution < -0.4 is 20.9 Å². The van der Waals surface area contributed by atoms with Crippen molar-refractivity contribution in [3.63, 3.8) is 0 Å². The van der Waals surface area contributed by atoms with Crippen LogP contribution in [0.5, 0.6) is 5.75 Å². The average Bonchev–Trinajstić information content (AvgIpc) is 3.60. The number of hydrogen-bond donors (Lipinski definition) is 4. The fourth-order valence-corrected chi connectivity index (χ4v) is 6.78. The summed E-state index contributed by atoms with van der Waals surface area (Å²) in [6, 6.07) is 8.76. The van der Waals surface area contributed by atoms with Gasteiger partial charge in [0.1, 0.15) is 17.2 Å². The van der Waals surface area contributed by atoms with E-state index in [-0.39, 0.29) is 49.0 Å². The number of hydrogen-bond acceptors (Lipinski definition) is 7. The van der Waals surface area contributed by atoms with Crippen molar-refractivity contribution in [2.45, 2.75) is 50.4 Å². The molecule has 6 unspecified atom stereocenters. The number of carboxylic acids is 1. The molecule has 6 atom stereocenters. The van der Waals surface area contributed by atoms with Gasteiger partial charge < -0.3 is 19.6 Å². The topological polar surface area (TPSA) is 120 Å². The van der Waals surface area contributed by atoms with Gasteiger partial charge in [-0.1, -0.05) is 12.1 Å². The second-order valence-electron chi connectivity index (χ2n) is 11.3. The first-order valence-electron chi connectivity index (χ1n) is 13.9. The zero-order chi connectivity index (χ0) is 27.8. The van der Waals surface area contributed by atoms with Gasteiger partial charge in [-0.15, -0.1) is 0 Å². The fourth-order valence-electron chi connectivity index (χ4n) is 6.78. The molecular formula is C29H35FN6O4. The quantitative estimate of drug-likeness (QED) is 0.354.